The second-order valence-corrected chi connectivity index (χ2v) is 8.48. The van der Waals surface area contributed by atoms with Gasteiger partial charge in [-0.2, -0.15) is 9.37 Å². The van der Waals surface area contributed by atoms with Crippen LogP contribution in [0.3, 0.4) is 0 Å². The fourth-order valence-corrected chi connectivity index (χ4v) is 3.52. The molecule has 0 bridgehead atoms. The first-order chi connectivity index (χ1) is 16.2. The fraction of sp³-hybridized carbons (Fsp3) is 0.250. The summed E-state index contributed by atoms with van der Waals surface area (Å²) in [6.07, 6.45) is 0. The number of aromatic hydroxyl groups is 1. The van der Waals surface area contributed by atoms with Crippen molar-refractivity contribution in [2.75, 3.05) is 11.9 Å². The standard InChI is InChI=1S/C24H23Cl2FN2O5/c1-13(2)16-10-15(8-9-18(16)30)34-21-19(25)22(27)29-23(20(21)26)28-17(24(31)32)12-33-11-14-6-4-3-5-7-14/h3-10,13,17,30H,11-12H2,1-2H3,(H,28,29)(H,31,32)/t17-/m0/s1. The van der Waals surface area contributed by atoms with E-state index in [9.17, 15) is 19.4 Å². The molecule has 2 aromatic carbocycles. The van der Waals surface area contributed by atoms with E-state index in [0.29, 0.717) is 5.56 Å². The predicted octanol–water partition coefficient (Wildman–Crippen LogP) is 6.23. The van der Waals surface area contributed by atoms with Gasteiger partial charge in [-0.25, -0.2) is 4.79 Å². The van der Waals surface area contributed by atoms with Crippen molar-refractivity contribution in [3.8, 4) is 17.2 Å². The van der Waals surface area contributed by atoms with Crippen molar-refractivity contribution in [3.63, 3.8) is 0 Å². The van der Waals surface area contributed by atoms with Crippen LogP contribution in [-0.4, -0.2) is 33.8 Å². The number of nitrogens with one attached hydrogen (secondary N) is 1. The largest absolute Gasteiger partial charge is 0.508 e. The van der Waals surface area contributed by atoms with Crippen LogP contribution < -0.4 is 10.1 Å². The minimum atomic E-state index is -1.27. The normalized spacial score (nSPS) is 11.9. The van der Waals surface area contributed by atoms with Gasteiger partial charge in [-0.3, -0.25) is 0 Å². The molecule has 0 aliphatic carbocycles. The van der Waals surface area contributed by atoms with Crippen molar-refractivity contribution in [1.82, 2.24) is 4.98 Å². The van der Waals surface area contributed by atoms with E-state index in [1.807, 2.05) is 44.2 Å². The first kappa shape index (κ1) is 25.6. The van der Waals surface area contributed by atoms with Crippen LogP contribution in [-0.2, 0) is 16.1 Å². The van der Waals surface area contributed by atoms with Gasteiger partial charge < -0.3 is 25.0 Å². The molecule has 0 unspecified atom stereocenters. The number of halogens is 3. The molecule has 1 aromatic heterocycles. The van der Waals surface area contributed by atoms with E-state index in [-0.39, 0.29) is 47.2 Å². The van der Waals surface area contributed by atoms with Gasteiger partial charge >= 0.3 is 5.97 Å². The molecule has 0 radical (unpaired) electrons. The third-order valence-corrected chi connectivity index (χ3v) is 5.52. The molecule has 0 fully saturated rings. The number of benzene rings is 2. The smallest absolute Gasteiger partial charge is 0.328 e. The Bertz CT molecular complexity index is 1160. The quantitative estimate of drug-likeness (QED) is 0.279. The number of rotatable bonds is 10. The highest BCUT2D eigenvalue weighted by Crippen LogP contribution is 2.42. The molecule has 3 rings (SSSR count). The van der Waals surface area contributed by atoms with Gasteiger partial charge in [-0.1, -0.05) is 67.4 Å². The molecular weight excluding hydrogens is 486 g/mol. The molecule has 1 atom stereocenters. The van der Waals surface area contributed by atoms with Crippen molar-refractivity contribution in [2.24, 2.45) is 0 Å². The van der Waals surface area contributed by atoms with Gasteiger partial charge in [0.15, 0.2) is 11.6 Å². The lowest BCUT2D eigenvalue weighted by atomic mass is 10.0. The number of anilines is 1. The van der Waals surface area contributed by atoms with E-state index in [0.717, 1.165) is 5.56 Å². The summed E-state index contributed by atoms with van der Waals surface area (Å²) in [7, 11) is 0. The van der Waals surface area contributed by atoms with E-state index in [4.69, 9.17) is 32.7 Å². The molecule has 3 N–H and O–H groups in total. The Balaban J connectivity index is 1.81. The molecule has 0 aliphatic rings. The summed E-state index contributed by atoms with van der Waals surface area (Å²) in [6, 6.07) is 12.4. The molecule has 0 spiro atoms. The number of hydrogen-bond donors (Lipinski definition) is 3. The number of hydrogen-bond acceptors (Lipinski definition) is 6. The first-order valence-electron chi connectivity index (χ1n) is 10.3. The summed E-state index contributed by atoms with van der Waals surface area (Å²) in [5.41, 5.74) is 1.48. The van der Waals surface area contributed by atoms with E-state index in [1.54, 1.807) is 6.07 Å². The summed E-state index contributed by atoms with van der Waals surface area (Å²) < 4.78 is 25.7. The second-order valence-electron chi connectivity index (χ2n) is 7.72. The Hall–Kier alpha value is -3.07. The number of carbonyl (C=O) groups is 1. The van der Waals surface area contributed by atoms with Crippen molar-refractivity contribution >= 4 is 35.0 Å². The van der Waals surface area contributed by atoms with Gasteiger partial charge in [-0.05, 0) is 29.7 Å². The molecule has 3 aromatic rings. The number of ether oxygens (including phenoxy) is 2. The Morgan fingerprint density at radius 2 is 1.85 bits per heavy atom. The van der Waals surface area contributed by atoms with Crippen molar-refractivity contribution in [3.05, 3.63) is 75.7 Å². The SMILES string of the molecule is CC(C)c1cc(Oc2c(Cl)c(F)nc(N[C@@H](COCc3ccccc3)C(=O)O)c2Cl)ccc1O. The monoisotopic (exact) mass is 508 g/mol. The minimum absolute atomic E-state index is 0.00638. The molecule has 180 valence electrons. The van der Waals surface area contributed by atoms with Gasteiger partial charge in [-0.15, -0.1) is 0 Å². The minimum Gasteiger partial charge on any atom is -0.508 e. The predicted molar refractivity (Wildman–Crippen MR) is 128 cm³/mol. The molecule has 0 amide bonds. The zero-order valence-corrected chi connectivity index (χ0v) is 19.9. The van der Waals surface area contributed by atoms with Gasteiger partial charge in [0.2, 0.25) is 5.95 Å². The molecule has 10 heteroatoms. The van der Waals surface area contributed by atoms with Crippen molar-refractivity contribution in [1.29, 1.82) is 0 Å². The van der Waals surface area contributed by atoms with Gasteiger partial charge in [0.25, 0.3) is 0 Å². The van der Waals surface area contributed by atoms with E-state index in [2.05, 4.69) is 10.3 Å². The number of nitrogens with zero attached hydrogens (tertiary/aromatic N) is 1. The summed E-state index contributed by atoms with van der Waals surface area (Å²) in [4.78, 5) is 15.4. The van der Waals surface area contributed by atoms with Crippen LogP contribution in [0.25, 0.3) is 0 Å². The fourth-order valence-electron chi connectivity index (χ4n) is 3.06. The Labute approximate surface area is 206 Å². The maximum absolute atomic E-state index is 14.5. The zero-order chi connectivity index (χ0) is 24.8. The number of phenols is 1. The van der Waals surface area contributed by atoms with E-state index in [1.165, 1.54) is 12.1 Å². The summed E-state index contributed by atoms with van der Waals surface area (Å²) >= 11 is 12.4. The Kier molecular flexibility index (Phi) is 8.55. The summed E-state index contributed by atoms with van der Waals surface area (Å²) in [6.45, 7) is 3.73. The van der Waals surface area contributed by atoms with Gasteiger partial charge in [0, 0.05) is 5.56 Å². The average molecular weight is 509 g/mol. The van der Waals surface area contributed by atoms with Gasteiger partial charge in [0.05, 0.1) is 13.2 Å². The molecule has 0 aliphatic heterocycles. The highest BCUT2D eigenvalue weighted by atomic mass is 35.5. The Morgan fingerprint density at radius 3 is 2.50 bits per heavy atom. The summed E-state index contributed by atoms with van der Waals surface area (Å²) in [5.74, 6) is -2.52. The lowest BCUT2D eigenvalue weighted by Crippen LogP contribution is -2.34. The maximum Gasteiger partial charge on any atom is 0.328 e. The lowest BCUT2D eigenvalue weighted by Gasteiger charge is -2.19. The van der Waals surface area contributed by atoms with Gasteiger partial charge in [0.1, 0.15) is 27.6 Å². The first-order valence-corrected chi connectivity index (χ1v) is 11.1. The number of aromatic nitrogens is 1. The Morgan fingerprint density at radius 1 is 1.15 bits per heavy atom. The van der Waals surface area contributed by atoms with Crippen LogP contribution in [0.2, 0.25) is 10.0 Å². The molecule has 0 saturated carbocycles. The topological polar surface area (TPSA) is 101 Å². The third-order valence-electron chi connectivity index (χ3n) is 4.84. The van der Waals surface area contributed by atoms with Crippen LogP contribution in [0.4, 0.5) is 10.2 Å². The number of carboxylic acids is 1. The van der Waals surface area contributed by atoms with E-state index < -0.39 is 23.0 Å². The van der Waals surface area contributed by atoms with Crippen LogP contribution in [0.5, 0.6) is 17.2 Å². The number of phenolic OH excluding ortho intramolecular Hbond substituents is 1. The van der Waals surface area contributed by atoms with Crippen LogP contribution in [0.15, 0.2) is 48.5 Å². The molecule has 1 heterocycles. The average Bonchev–Trinajstić information content (AvgIpc) is 2.80. The highest BCUT2D eigenvalue weighted by molar-refractivity contribution is 6.38. The van der Waals surface area contributed by atoms with Crippen LogP contribution in [0, 0.1) is 5.95 Å². The van der Waals surface area contributed by atoms with E-state index >= 15 is 0 Å². The summed E-state index contributed by atoms with van der Waals surface area (Å²) in [5, 5.41) is 21.5. The van der Waals surface area contributed by atoms with Crippen molar-refractivity contribution in [2.45, 2.75) is 32.4 Å². The number of aliphatic carboxylic acids is 1. The van der Waals surface area contributed by atoms with Crippen LogP contribution >= 0.6 is 23.2 Å². The van der Waals surface area contributed by atoms with Crippen LogP contribution in [0.1, 0.15) is 30.9 Å². The van der Waals surface area contributed by atoms with Crippen molar-refractivity contribution < 1.29 is 28.9 Å². The zero-order valence-electron chi connectivity index (χ0n) is 18.4. The molecule has 0 saturated heterocycles. The molecule has 34 heavy (non-hydrogen) atoms. The highest BCUT2D eigenvalue weighted by Gasteiger charge is 2.25. The third kappa shape index (κ3) is 6.28. The lowest BCUT2D eigenvalue weighted by molar-refractivity contribution is -0.139. The number of pyridine rings is 1. The maximum atomic E-state index is 14.5. The molecular formula is C24H23Cl2FN2O5. The second kappa shape index (κ2) is 11.4. The number of carboxylic acid groups (broad SMARTS) is 1. The molecule has 7 nitrogen and oxygen atoms in total.